The molecule has 172 valence electrons. The molecule has 1 heterocycles. The average Bonchev–Trinajstić information content (AvgIpc) is 2.88. The lowest BCUT2D eigenvalue weighted by Gasteiger charge is -2.14. The number of amides is 1. The molecule has 0 aliphatic carbocycles. The fourth-order valence-electron chi connectivity index (χ4n) is 3.96. The molecule has 1 N–H and O–H groups in total. The van der Waals surface area contributed by atoms with Crippen LogP contribution in [0.5, 0.6) is 0 Å². The summed E-state index contributed by atoms with van der Waals surface area (Å²) in [4.78, 5) is 38.1. The van der Waals surface area contributed by atoms with Crippen molar-refractivity contribution >= 4 is 16.9 Å². The summed E-state index contributed by atoms with van der Waals surface area (Å²) in [5.74, 6) is -0.166. The van der Waals surface area contributed by atoms with Gasteiger partial charge in [0.15, 0.2) is 0 Å². The monoisotopic (exact) mass is 453 g/mol. The van der Waals surface area contributed by atoms with Crippen LogP contribution in [0.2, 0.25) is 0 Å². The Labute approximate surface area is 197 Å². The summed E-state index contributed by atoms with van der Waals surface area (Å²) < 4.78 is 2.91. The summed E-state index contributed by atoms with van der Waals surface area (Å²) in [5, 5.41) is 2.93. The Bertz CT molecular complexity index is 1450. The van der Waals surface area contributed by atoms with Crippen LogP contribution in [0.1, 0.15) is 34.0 Å². The van der Waals surface area contributed by atoms with Crippen molar-refractivity contribution in [2.45, 2.75) is 33.0 Å². The van der Waals surface area contributed by atoms with Gasteiger partial charge in [-0.05, 0) is 47.4 Å². The third-order valence-electron chi connectivity index (χ3n) is 5.89. The number of allylic oxidation sites excluding steroid dienone is 1. The van der Waals surface area contributed by atoms with E-state index < -0.39 is 11.1 Å². The molecule has 0 unspecified atom stereocenters. The van der Waals surface area contributed by atoms with Crippen molar-refractivity contribution in [1.82, 2.24) is 14.5 Å². The van der Waals surface area contributed by atoms with Crippen LogP contribution < -0.4 is 16.4 Å². The van der Waals surface area contributed by atoms with Crippen LogP contribution in [0, 0.1) is 0 Å². The van der Waals surface area contributed by atoms with Crippen LogP contribution in [0.25, 0.3) is 11.0 Å². The van der Waals surface area contributed by atoms with Gasteiger partial charge >= 0.3 is 11.1 Å². The number of fused-ring (bicyclic) bond motifs is 1. The SMILES string of the molecule is C=CCn1c(=O)c(=O)n(Cc2ccc(C(=O)NCc3ccc(CC)cc3)cc2)c2ccccc21. The highest BCUT2D eigenvalue weighted by Gasteiger charge is 2.13. The average molecular weight is 454 g/mol. The molecule has 0 aliphatic rings. The summed E-state index contributed by atoms with van der Waals surface area (Å²) in [6.07, 6.45) is 2.58. The highest BCUT2D eigenvalue weighted by atomic mass is 16.2. The van der Waals surface area contributed by atoms with Crippen molar-refractivity contribution in [3.63, 3.8) is 0 Å². The second kappa shape index (κ2) is 10.2. The Hall–Kier alpha value is -4.19. The van der Waals surface area contributed by atoms with Gasteiger partial charge in [-0.3, -0.25) is 23.5 Å². The quantitative estimate of drug-likeness (QED) is 0.325. The molecule has 0 spiro atoms. The van der Waals surface area contributed by atoms with Gasteiger partial charge in [0.2, 0.25) is 0 Å². The third-order valence-corrected chi connectivity index (χ3v) is 5.89. The van der Waals surface area contributed by atoms with E-state index in [1.807, 2.05) is 36.4 Å². The summed E-state index contributed by atoms with van der Waals surface area (Å²) in [6.45, 7) is 6.74. The predicted octanol–water partition coefficient (Wildman–Crippen LogP) is 3.89. The molecule has 0 aliphatic heterocycles. The summed E-state index contributed by atoms with van der Waals surface area (Å²) in [5.41, 5.74) is 3.83. The first-order valence-electron chi connectivity index (χ1n) is 11.3. The molecule has 0 bridgehead atoms. The van der Waals surface area contributed by atoms with Gasteiger partial charge < -0.3 is 5.32 Å². The van der Waals surface area contributed by atoms with E-state index in [9.17, 15) is 14.4 Å². The molecule has 6 heteroatoms. The Morgan fingerprint density at radius 3 is 2.00 bits per heavy atom. The first kappa shape index (κ1) is 23.0. The Morgan fingerprint density at radius 1 is 0.824 bits per heavy atom. The number of benzene rings is 3. The van der Waals surface area contributed by atoms with Gasteiger partial charge in [0.05, 0.1) is 17.6 Å². The highest BCUT2D eigenvalue weighted by molar-refractivity contribution is 5.94. The molecular formula is C28H27N3O3. The Kier molecular flexibility index (Phi) is 6.87. The van der Waals surface area contributed by atoms with E-state index in [0.717, 1.165) is 17.5 Å². The number of hydrogen-bond acceptors (Lipinski definition) is 3. The first-order chi connectivity index (χ1) is 16.5. The molecular weight excluding hydrogens is 426 g/mol. The lowest BCUT2D eigenvalue weighted by Crippen LogP contribution is -2.41. The van der Waals surface area contributed by atoms with Crippen LogP contribution in [0.3, 0.4) is 0 Å². The molecule has 0 fully saturated rings. The van der Waals surface area contributed by atoms with Crippen molar-refractivity contribution in [2.75, 3.05) is 0 Å². The van der Waals surface area contributed by atoms with Crippen LogP contribution in [-0.4, -0.2) is 15.0 Å². The molecule has 3 aromatic carbocycles. The number of aromatic nitrogens is 2. The van der Waals surface area contributed by atoms with E-state index in [1.54, 1.807) is 30.3 Å². The van der Waals surface area contributed by atoms with Crippen LogP contribution in [0.4, 0.5) is 0 Å². The molecule has 0 saturated heterocycles. The third kappa shape index (κ3) is 4.76. The highest BCUT2D eigenvalue weighted by Crippen LogP contribution is 2.13. The van der Waals surface area contributed by atoms with Crippen LogP contribution in [-0.2, 0) is 26.1 Å². The molecule has 34 heavy (non-hydrogen) atoms. The van der Waals surface area contributed by atoms with Crippen molar-refractivity contribution in [2.24, 2.45) is 0 Å². The number of aryl methyl sites for hydroxylation is 1. The van der Waals surface area contributed by atoms with E-state index in [-0.39, 0.29) is 19.0 Å². The largest absolute Gasteiger partial charge is 0.348 e. The number of nitrogens with zero attached hydrogens (tertiary/aromatic N) is 2. The van der Waals surface area contributed by atoms with E-state index in [1.165, 1.54) is 14.7 Å². The topological polar surface area (TPSA) is 73.1 Å². The van der Waals surface area contributed by atoms with Gasteiger partial charge in [-0.1, -0.05) is 61.5 Å². The van der Waals surface area contributed by atoms with Crippen molar-refractivity contribution < 1.29 is 4.79 Å². The van der Waals surface area contributed by atoms with Crippen molar-refractivity contribution in [3.05, 3.63) is 128 Å². The molecule has 4 rings (SSSR count). The first-order valence-corrected chi connectivity index (χ1v) is 11.3. The number of hydrogen-bond donors (Lipinski definition) is 1. The molecule has 6 nitrogen and oxygen atoms in total. The van der Waals surface area contributed by atoms with Gasteiger partial charge in [0, 0.05) is 18.7 Å². The smallest absolute Gasteiger partial charge is 0.317 e. The minimum Gasteiger partial charge on any atom is -0.348 e. The van der Waals surface area contributed by atoms with E-state index in [2.05, 4.69) is 31.0 Å². The fourth-order valence-corrected chi connectivity index (χ4v) is 3.96. The lowest BCUT2D eigenvalue weighted by atomic mass is 10.1. The second-order valence-corrected chi connectivity index (χ2v) is 8.13. The Morgan fingerprint density at radius 2 is 1.38 bits per heavy atom. The van der Waals surface area contributed by atoms with Crippen molar-refractivity contribution in [3.8, 4) is 0 Å². The maximum Gasteiger partial charge on any atom is 0.317 e. The summed E-state index contributed by atoms with van der Waals surface area (Å²) in [6, 6.07) is 22.6. The number of carbonyl (C=O) groups is 1. The fraction of sp³-hybridized carbons (Fsp3) is 0.179. The second-order valence-electron chi connectivity index (χ2n) is 8.13. The number of carbonyl (C=O) groups excluding carboxylic acids is 1. The standard InChI is InChI=1S/C28H27N3O3/c1-3-17-30-24-7-5-6-8-25(24)31(28(34)27(30)33)19-22-13-15-23(16-14-22)26(32)29-18-21-11-9-20(4-2)10-12-21/h3,5-16H,1,4,17-19H2,2H3,(H,29,32). The van der Waals surface area contributed by atoms with E-state index in [0.29, 0.717) is 23.1 Å². The van der Waals surface area contributed by atoms with Crippen molar-refractivity contribution in [1.29, 1.82) is 0 Å². The zero-order chi connectivity index (χ0) is 24.1. The normalized spacial score (nSPS) is 10.9. The van der Waals surface area contributed by atoms with Gasteiger partial charge in [-0.15, -0.1) is 6.58 Å². The molecule has 0 saturated carbocycles. The van der Waals surface area contributed by atoms with E-state index >= 15 is 0 Å². The Balaban J connectivity index is 1.52. The maximum absolute atomic E-state index is 12.8. The van der Waals surface area contributed by atoms with Crippen LogP contribution in [0.15, 0.2) is 95.0 Å². The number of nitrogens with one attached hydrogen (secondary N) is 1. The minimum atomic E-state index is -0.587. The molecule has 0 radical (unpaired) electrons. The predicted molar refractivity (Wildman–Crippen MR) is 135 cm³/mol. The summed E-state index contributed by atoms with van der Waals surface area (Å²) >= 11 is 0. The summed E-state index contributed by atoms with van der Waals surface area (Å²) in [7, 11) is 0. The van der Waals surface area contributed by atoms with Crippen LogP contribution >= 0.6 is 0 Å². The molecule has 0 atom stereocenters. The van der Waals surface area contributed by atoms with Gasteiger partial charge in [0.25, 0.3) is 5.91 Å². The number of para-hydroxylation sites is 2. The maximum atomic E-state index is 12.8. The van der Waals surface area contributed by atoms with Gasteiger partial charge in [-0.25, -0.2) is 0 Å². The van der Waals surface area contributed by atoms with E-state index in [4.69, 9.17) is 0 Å². The molecule has 1 amide bonds. The van der Waals surface area contributed by atoms with Gasteiger partial charge in [0.1, 0.15) is 0 Å². The molecule has 1 aromatic heterocycles. The number of rotatable bonds is 8. The zero-order valence-corrected chi connectivity index (χ0v) is 19.2. The minimum absolute atomic E-state index is 0.166. The lowest BCUT2D eigenvalue weighted by molar-refractivity contribution is 0.0951. The van der Waals surface area contributed by atoms with Gasteiger partial charge in [-0.2, -0.15) is 0 Å². The molecule has 4 aromatic rings. The zero-order valence-electron chi connectivity index (χ0n) is 19.2.